The molecule has 0 aliphatic carbocycles. The van der Waals surface area contributed by atoms with Gasteiger partial charge in [-0.15, -0.1) is 0 Å². The van der Waals surface area contributed by atoms with Crippen molar-refractivity contribution in [3.63, 3.8) is 0 Å². The van der Waals surface area contributed by atoms with Gasteiger partial charge in [0.25, 0.3) is 5.17 Å². The summed E-state index contributed by atoms with van der Waals surface area (Å²) in [6, 6.07) is 10.3. The van der Waals surface area contributed by atoms with Crippen molar-refractivity contribution in [2.45, 2.75) is 40.7 Å². The SMILES string of the molecule is CCc1cccc(OC(=S)NC)c1COc1cc(C)c(C)cc1C. The number of nitrogens with one attached hydrogen (secondary N) is 1. The molecule has 4 heteroatoms. The Morgan fingerprint density at radius 2 is 1.75 bits per heavy atom. The van der Waals surface area contributed by atoms with Crippen molar-refractivity contribution < 1.29 is 9.47 Å². The molecule has 0 amide bonds. The van der Waals surface area contributed by atoms with Crippen molar-refractivity contribution in [3.8, 4) is 11.5 Å². The van der Waals surface area contributed by atoms with Crippen LogP contribution in [0, 0.1) is 20.8 Å². The van der Waals surface area contributed by atoms with Gasteiger partial charge in [-0.25, -0.2) is 0 Å². The maximum atomic E-state index is 6.11. The Balaban J connectivity index is 2.28. The van der Waals surface area contributed by atoms with Gasteiger partial charge in [0.05, 0.1) is 0 Å². The van der Waals surface area contributed by atoms with Crippen LogP contribution >= 0.6 is 12.2 Å². The molecule has 0 atom stereocenters. The van der Waals surface area contributed by atoms with Gasteiger partial charge < -0.3 is 14.8 Å². The van der Waals surface area contributed by atoms with Gasteiger partial charge in [0.1, 0.15) is 18.1 Å². The van der Waals surface area contributed by atoms with Crippen molar-refractivity contribution in [2.75, 3.05) is 7.05 Å². The molecular formula is C20H25NO2S. The van der Waals surface area contributed by atoms with Crippen LogP contribution in [0.15, 0.2) is 30.3 Å². The van der Waals surface area contributed by atoms with E-state index < -0.39 is 0 Å². The maximum absolute atomic E-state index is 6.11. The Bertz CT molecular complexity index is 741. The van der Waals surface area contributed by atoms with Crippen molar-refractivity contribution in [1.82, 2.24) is 5.32 Å². The fraction of sp³-hybridized carbons (Fsp3) is 0.350. The minimum atomic E-state index is 0.354. The van der Waals surface area contributed by atoms with Crippen LogP contribution < -0.4 is 14.8 Å². The van der Waals surface area contributed by atoms with Crippen molar-refractivity contribution in [3.05, 3.63) is 58.1 Å². The summed E-state index contributed by atoms with van der Waals surface area (Å²) in [6.07, 6.45) is 0.911. The Labute approximate surface area is 150 Å². The lowest BCUT2D eigenvalue weighted by atomic mass is 10.0. The van der Waals surface area contributed by atoms with Crippen LogP contribution in [-0.2, 0) is 13.0 Å². The zero-order chi connectivity index (χ0) is 17.7. The molecule has 0 saturated heterocycles. The van der Waals surface area contributed by atoms with E-state index in [9.17, 15) is 0 Å². The van der Waals surface area contributed by atoms with Crippen LogP contribution in [0.2, 0.25) is 0 Å². The highest BCUT2D eigenvalue weighted by molar-refractivity contribution is 7.80. The Morgan fingerprint density at radius 1 is 1.04 bits per heavy atom. The second-order valence-electron chi connectivity index (χ2n) is 5.88. The van der Waals surface area contributed by atoms with Crippen molar-refractivity contribution >= 4 is 17.4 Å². The van der Waals surface area contributed by atoms with E-state index in [2.05, 4.69) is 51.2 Å². The molecule has 2 aromatic carbocycles. The molecule has 0 unspecified atom stereocenters. The summed E-state index contributed by atoms with van der Waals surface area (Å²) in [7, 11) is 1.75. The van der Waals surface area contributed by atoms with Gasteiger partial charge in [-0.1, -0.05) is 25.1 Å². The minimum absolute atomic E-state index is 0.354. The van der Waals surface area contributed by atoms with Gasteiger partial charge >= 0.3 is 0 Å². The summed E-state index contributed by atoms with van der Waals surface area (Å²) >= 11 is 5.13. The molecule has 24 heavy (non-hydrogen) atoms. The van der Waals surface area contributed by atoms with Gasteiger partial charge in [-0.2, -0.15) is 0 Å². The first-order valence-corrected chi connectivity index (χ1v) is 8.58. The molecule has 0 bridgehead atoms. The largest absolute Gasteiger partial charge is 0.488 e. The number of thiocarbonyl (C=S) groups is 1. The van der Waals surface area contributed by atoms with E-state index in [4.69, 9.17) is 21.7 Å². The lowest BCUT2D eigenvalue weighted by Crippen LogP contribution is -2.22. The third kappa shape index (κ3) is 4.26. The minimum Gasteiger partial charge on any atom is -0.488 e. The second kappa shape index (κ2) is 8.15. The van der Waals surface area contributed by atoms with E-state index in [1.54, 1.807) is 7.05 Å². The topological polar surface area (TPSA) is 30.5 Å². The highest BCUT2D eigenvalue weighted by Crippen LogP contribution is 2.28. The van der Waals surface area contributed by atoms with Crippen LogP contribution in [-0.4, -0.2) is 12.2 Å². The normalized spacial score (nSPS) is 10.4. The zero-order valence-electron chi connectivity index (χ0n) is 15.0. The van der Waals surface area contributed by atoms with E-state index in [1.807, 2.05) is 12.1 Å². The number of hydrogen-bond donors (Lipinski definition) is 1. The van der Waals surface area contributed by atoms with E-state index in [0.717, 1.165) is 29.0 Å². The zero-order valence-corrected chi connectivity index (χ0v) is 15.8. The van der Waals surface area contributed by atoms with E-state index >= 15 is 0 Å². The first-order valence-electron chi connectivity index (χ1n) is 8.17. The van der Waals surface area contributed by atoms with Gasteiger partial charge in [0.15, 0.2) is 0 Å². The molecule has 0 spiro atoms. The summed E-state index contributed by atoms with van der Waals surface area (Å²) < 4.78 is 11.9. The molecule has 1 N–H and O–H groups in total. The molecule has 0 aliphatic heterocycles. The third-order valence-corrected chi connectivity index (χ3v) is 4.47. The predicted octanol–water partition coefficient (Wildman–Crippen LogP) is 4.64. The Kier molecular flexibility index (Phi) is 6.21. The lowest BCUT2D eigenvalue weighted by Gasteiger charge is -2.17. The van der Waals surface area contributed by atoms with E-state index in [0.29, 0.717) is 11.8 Å². The van der Waals surface area contributed by atoms with Gasteiger partial charge in [0, 0.05) is 12.6 Å². The molecule has 2 rings (SSSR count). The number of aryl methyl sites for hydroxylation is 4. The summed E-state index contributed by atoms with van der Waals surface area (Å²) in [6.45, 7) is 8.86. The van der Waals surface area contributed by atoms with Gasteiger partial charge in [-0.3, -0.25) is 0 Å². The standard InChI is InChI=1S/C20H25NO2S/c1-6-16-8-7-9-18(23-20(24)21-5)17(16)12-22-19-11-14(3)13(2)10-15(19)4/h7-11H,6,12H2,1-5H3,(H,21,24). The molecule has 0 aromatic heterocycles. The molecule has 0 saturated carbocycles. The van der Waals surface area contributed by atoms with Gasteiger partial charge in [-0.05, 0) is 73.8 Å². The smallest absolute Gasteiger partial charge is 0.261 e. The number of rotatable bonds is 5. The van der Waals surface area contributed by atoms with Crippen LogP contribution in [0.25, 0.3) is 0 Å². The summed E-state index contributed by atoms with van der Waals surface area (Å²) in [5.41, 5.74) is 5.88. The van der Waals surface area contributed by atoms with E-state index in [-0.39, 0.29) is 0 Å². The molecule has 0 aliphatic rings. The van der Waals surface area contributed by atoms with Crippen molar-refractivity contribution in [1.29, 1.82) is 0 Å². The van der Waals surface area contributed by atoms with Crippen LogP contribution in [0.4, 0.5) is 0 Å². The molecule has 2 aromatic rings. The Morgan fingerprint density at radius 3 is 2.42 bits per heavy atom. The number of benzene rings is 2. The number of hydrogen-bond acceptors (Lipinski definition) is 3. The molecule has 0 fully saturated rings. The summed E-state index contributed by atoms with van der Waals surface area (Å²) in [5.74, 6) is 1.65. The van der Waals surface area contributed by atoms with Crippen LogP contribution in [0.5, 0.6) is 11.5 Å². The monoisotopic (exact) mass is 343 g/mol. The fourth-order valence-corrected chi connectivity index (χ4v) is 2.68. The van der Waals surface area contributed by atoms with Crippen LogP contribution in [0.3, 0.4) is 0 Å². The summed E-state index contributed by atoms with van der Waals surface area (Å²) in [5, 5.41) is 3.20. The highest BCUT2D eigenvalue weighted by Gasteiger charge is 2.12. The van der Waals surface area contributed by atoms with E-state index in [1.165, 1.54) is 16.7 Å². The maximum Gasteiger partial charge on any atom is 0.261 e. The second-order valence-corrected chi connectivity index (χ2v) is 6.25. The molecule has 0 radical (unpaired) electrons. The Hall–Kier alpha value is -2.07. The lowest BCUT2D eigenvalue weighted by molar-refractivity contribution is 0.298. The average Bonchev–Trinajstić information content (AvgIpc) is 2.57. The quantitative estimate of drug-likeness (QED) is 0.802. The van der Waals surface area contributed by atoms with Crippen molar-refractivity contribution in [2.24, 2.45) is 0 Å². The average molecular weight is 343 g/mol. The predicted molar refractivity (Wildman–Crippen MR) is 103 cm³/mol. The molecule has 3 nitrogen and oxygen atoms in total. The highest BCUT2D eigenvalue weighted by atomic mass is 32.1. The summed E-state index contributed by atoms with van der Waals surface area (Å²) in [4.78, 5) is 0. The first-order chi connectivity index (χ1) is 11.5. The first kappa shape index (κ1) is 18.3. The molecule has 128 valence electrons. The molecular weight excluding hydrogens is 318 g/mol. The fourth-order valence-electron chi connectivity index (χ4n) is 2.59. The van der Waals surface area contributed by atoms with Crippen LogP contribution in [0.1, 0.15) is 34.7 Å². The third-order valence-electron chi connectivity index (χ3n) is 4.18. The van der Waals surface area contributed by atoms with Gasteiger partial charge in [0.2, 0.25) is 0 Å². The number of ether oxygens (including phenoxy) is 2. The molecule has 0 heterocycles.